The summed E-state index contributed by atoms with van der Waals surface area (Å²) in [6.45, 7) is 10.5. The molecular formula is C19H27NO4. The topological polar surface area (TPSA) is 55.8 Å². The fraction of sp³-hybridized carbons (Fsp3) is 0.579. The molecule has 5 nitrogen and oxygen atoms in total. The summed E-state index contributed by atoms with van der Waals surface area (Å²) < 4.78 is 11.3. The van der Waals surface area contributed by atoms with Crippen molar-refractivity contribution in [3.8, 4) is 0 Å². The Kier molecular flexibility index (Phi) is 5.33. The molecule has 1 unspecified atom stereocenters. The van der Waals surface area contributed by atoms with Gasteiger partial charge in [0.15, 0.2) is 0 Å². The molecule has 1 saturated heterocycles. The number of aryl methyl sites for hydroxylation is 2. The number of esters is 1. The Morgan fingerprint density at radius 3 is 2.50 bits per heavy atom. The average molecular weight is 333 g/mol. The van der Waals surface area contributed by atoms with Crippen LogP contribution in [-0.4, -0.2) is 37.7 Å². The van der Waals surface area contributed by atoms with E-state index < -0.39 is 11.0 Å². The third kappa shape index (κ3) is 3.96. The van der Waals surface area contributed by atoms with Gasteiger partial charge in [0.05, 0.1) is 6.61 Å². The van der Waals surface area contributed by atoms with Crippen LogP contribution >= 0.6 is 0 Å². The number of hydrogen-bond acceptors (Lipinski definition) is 5. The third-order valence-corrected chi connectivity index (χ3v) is 4.18. The van der Waals surface area contributed by atoms with E-state index in [-0.39, 0.29) is 19.0 Å². The molecule has 0 aliphatic carbocycles. The zero-order valence-corrected chi connectivity index (χ0v) is 15.2. The molecule has 1 aromatic rings. The molecule has 1 aliphatic heterocycles. The van der Waals surface area contributed by atoms with Gasteiger partial charge in [-0.25, -0.2) is 0 Å². The van der Waals surface area contributed by atoms with Crippen molar-refractivity contribution in [2.24, 2.45) is 5.41 Å². The lowest BCUT2D eigenvalue weighted by atomic mass is 9.83. The van der Waals surface area contributed by atoms with Crippen molar-refractivity contribution in [2.45, 2.75) is 46.6 Å². The van der Waals surface area contributed by atoms with Gasteiger partial charge >= 0.3 is 5.97 Å². The first-order valence-corrected chi connectivity index (χ1v) is 8.24. The van der Waals surface area contributed by atoms with Crippen LogP contribution in [0.5, 0.6) is 0 Å². The molecule has 5 heteroatoms. The van der Waals surface area contributed by atoms with Crippen LogP contribution in [0.25, 0.3) is 0 Å². The Morgan fingerprint density at radius 1 is 1.33 bits per heavy atom. The van der Waals surface area contributed by atoms with Crippen LogP contribution in [0.15, 0.2) is 18.2 Å². The molecular weight excluding hydrogens is 306 g/mol. The summed E-state index contributed by atoms with van der Waals surface area (Å²) in [7, 11) is 0. The Hall–Kier alpha value is -1.88. The zero-order chi connectivity index (χ0) is 18.0. The predicted molar refractivity (Wildman–Crippen MR) is 93.0 cm³/mol. The number of carbonyl (C=O) groups is 2. The molecule has 1 heterocycles. The standard InChI is InChI=1S/C19H27NO4/c1-14-7-6-8-15(2)16(14)20-11-19(9-10-21,12-23-13-20)17(22)24-18(3,4)5/h6-8,10H,9,11-13H2,1-5H3. The fourth-order valence-electron chi connectivity index (χ4n) is 3.13. The van der Waals surface area contributed by atoms with Crippen LogP contribution in [0.4, 0.5) is 5.69 Å². The van der Waals surface area contributed by atoms with Crippen LogP contribution in [-0.2, 0) is 19.1 Å². The van der Waals surface area contributed by atoms with E-state index in [0.717, 1.165) is 23.1 Å². The van der Waals surface area contributed by atoms with E-state index >= 15 is 0 Å². The summed E-state index contributed by atoms with van der Waals surface area (Å²) in [5.41, 5.74) is 1.71. The molecule has 1 aromatic carbocycles. The summed E-state index contributed by atoms with van der Waals surface area (Å²) in [4.78, 5) is 26.1. The molecule has 24 heavy (non-hydrogen) atoms. The zero-order valence-electron chi connectivity index (χ0n) is 15.2. The second-order valence-electron chi connectivity index (χ2n) is 7.57. The van der Waals surface area contributed by atoms with E-state index in [2.05, 4.69) is 0 Å². The maximum Gasteiger partial charge on any atom is 0.317 e. The Balaban J connectivity index is 2.33. The molecule has 0 radical (unpaired) electrons. The highest BCUT2D eigenvalue weighted by molar-refractivity contribution is 5.82. The molecule has 1 fully saturated rings. The van der Waals surface area contributed by atoms with Gasteiger partial charge in [0, 0.05) is 18.7 Å². The van der Waals surface area contributed by atoms with Crippen LogP contribution in [0, 0.1) is 19.3 Å². The Bertz CT molecular complexity index is 600. The number of hydrogen-bond donors (Lipinski definition) is 0. The molecule has 0 spiro atoms. The van der Waals surface area contributed by atoms with Crippen molar-refractivity contribution in [2.75, 3.05) is 24.8 Å². The highest BCUT2D eigenvalue weighted by Crippen LogP contribution is 2.35. The minimum absolute atomic E-state index is 0.0866. The van der Waals surface area contributed by atoms with Gasteiger partial charge in [0.25, 0.3) is 0 Å². The van der Waals surface area contributed by atoms with Crippen molar-refractivity contribution in [1.82, 2.24) is 0 Å². The minimum atomic E-state index is -0.970. The van der Waals surface area contributed by atoms with Crippen LogP contribution < -0.4 is 4.90 Å². The number of anilines is 1. The highest BCUT2D eigenvalue weighted by atomic mass is 16.6. The van der Waals surface area contributed by atoms with Crippen molar-refractivity contribution in [1.29, 1.82) is 0 Å². The Morgan fingerprint density at radius 2 is 1.96 bits per heavy atom. The highest BCUT2D eigenvalue weighted by Gasteiger charge is 2.46. The average Bonchev–Trinajstić information content (AvgIpc) is 2.46. The SMILES string of the molecule is Cc1cccc(C)c1N1COCC(CC=O)(C(=O)OC(C)(C)C)C1. The number of nitrogens with zero attached hydrogens (tertiary/aromatic N) is 1. The first-order valence-electron chi connectivity index (χ1n) is 8.24. The summed E-state index contributed by atoms with van der Waals surface area (Å²) in [5, 5.41) is 0. The van der Waals surface area contributed by atoms with E-state index in [1.807, 2.05) is 57.7 Å². The number of carbonyl (C=O) groups excluding carboxylic acids is 2. The smallest absolute Gasteiger partial charge is 0.317 e. The number of para-hydroxylation sites is 1. The summed E-state index contributed by atoms with van der Waals surface area (Å²) in [5.74, 6) is -0.377. The van der Waals surface area contributed by atoms with Crippen LogP contribution in [0.2, 0.25) is 0 Å². The van der Waals surface area contributed by atoms with Gasteiger partial charge in [0.1, 0.15) is 24.0 Å². The van der Waals surface area contributed by atoms with Crippen molar-refractivity contribution in [3.63, 3.8) is 0 Å². The molecule has 0 amide bonds. The van der Waals surface area contributed by atoms with Crippen LogP contribution in [0.3, 0.4) is 0 Å². The summed E-state index contributed by atoms with van der Waals surface area (Å²) in [6, 6.07) is 6.07. The summed E-state index contributed by atoms with van der Waals surface area (Å²) in [6.07, 6.45) is 0.866. The third-order valence-electron chi connectivity index (χ3n) is 4.18. The molecule has 1 atom stereocenters. The van der Waals surface area contributed by atoms with Gasteiger partial charge in [-0.2, -0.15) is 0 Å². The van der Waals surface area contributed by atoms with E-state index in [1.54, 1.807) is 0 Å². The minimum Gasteiger partial charge on any atom is -0.459 e. The molecule has 0 N–H and O–H groups in total. The lowest BCUT2D eigenvalue weighted by molar-refractivity contribution is -0.174. The maximum absolute atomic E-state index is 12.8. The van der Waals surface area contributed by atoms with Gasteiger partial charge in [-0.05, 0) is 45.7 Å². The monoisotopic (exact) mass is 333 g/mol. The van der Waals surface area contributed by atoms with E-state index in [4.69, 9.17) is 9.47 Å². The second-order valence-corrected chi connectivity index (χ2v) is 7.57. The van der Waals surface area contributed by atoms with Crippen LogP contribution in [0.1, 0.15) is 38.3 Å². The van der Waals surface area contributed by atoms with Gasteiger partial charge in [-0.3, -0.25) is 4.79 Å². The molecule has 0 aromatic heterocycles. The van der Waals surface area contributed by atoms with Gasteiger partial charge in [0.2, 0.25) is 0 Å². The molecule has 0 bridgehead atoms. The fourth-order valence-corrected chi connectivity index (χ4v) is 3.13. The van der Waals surface area contributed by atoms with Gasteiger partial charge < -0.3 is 19.2 Å². The number of rotatable bonds is 4. The lowest BCUT2D eigenvalue weighted by Gasteiger charge is -2.42. The van der Waals surface area contributed by atoms with E-state index in [9.17, 15) is 9.59 Å². The first kappa shape index (κ1) is 18.5. The summed E-state index contributed by atoms with van der Waals surface area (Å²) >= 11 is 0. The number of benzene rings is 1. The van der Waals surface area contributed by atoms with E-state index in [1.165, 1.54) is 0 Å². The normalized spacial score (nSPS) is 21.5. The number of aldehydes is 1. The number of ether oxygens (including phenoxy) is 2. The van der Waals surface area contributed by atoms with Gasteiger partial charge in [-0.1, -0.05) is 18.2 Å². The van der Waals surface area contributed by atoms with Crippen molar-refractivity contribution in [3.05, 3.63) is 29.3 Å². The first-order chi connectivity index (χ1) is 11.2. The Labute approximate surface area is 143 Å². The molecule has 132 valence electrons. The molecule has 1 aliphatic rings. The van der Waals surface area contributed by atoms with Crippen molar-refractivity contribution >= 4 is 17.9 Å². The molecule has 0 saturated carbocycles. The second kappa shape index (κ2) is 6.93. The van der Waals surface area contributed by atoms with Crippen molar-refractivity contribution < 1.29 is 19.1 Å². The quantitative estimate of drug-likeness (QED) is 0.626. The molecule has 2 rings (SSSR count). The largest absolute Gasteiger partial charge is 0.459 e. The maximum atomic E-state index is 12.8. The van der Waals surface area contributed by atoms with E-state index in [0.29, 0.717) is 13.3 Å². The predicted octanol–water partition coefficient (Wildman–Crippen LogP) is 3.01. The van der Waals surface area contributed by atoms with Gasteiger partial charge in [-0.15, -0.1) is 0 Å². The lowest BCUT2D eigenvalue weighted by Crippen LogP contribution is -2.54.